The molecule has 0 saturated heterocycles. The Morgan fingerprint density at radius 2 is 1.86 bits per heavy atom. The van der Waals surface area contributed by atoms with Crippen LogP contribution in [0.4, 0.5) is 0 Å². The molecule has 0 aliphatic carbocycles. The maximum atomic E-state index is 3.79. The summed E-state index contributed by atoms with van der Waals surface area (Å²) in [5, 5.41) is 0. The molecule has 0 aliphatic rings. The van der Waals surface area contributed by atoms with Crippen LogP contribution in [-0.4, -0.2) is 0 Å². The molecule has 1 aromatic rings. The molecule has 0 heterocycles. The van der Waals surface area contributed by atoms with E-state index in [4.69, 9.17) is 0 Å². The third-order valence-corrected chi connectivity index (χ3v) is 2.36. The van der Waals surface area contributed by atoms with Gasteiger partial charge in [0.05, 0.1) is 0 Å². The molecule has 1 aromatic carbocycles. The predicted octanol–water partition coefficient (Wildman–Crippen LogP) is 4.06. The highest BCUT2D eigenvalue weighted by molar-refractivity contribution is 5.75. The van der Waals surface area contributed by atoms with E-state index in [-0.39, 0.29) is 0 Å². The van der Waals surface area contributed by atoms with Gasteiger partial charge in [-0.3, -0.25) is 0 Å². The highest BCUT2D eigenvalue weighted by atomic mass is 14.0. The molecule has 0 fully saturated rings. The van der Waals surface area contributed by atoms with E-state index in [1.165, 1.54) is 16.7 Å². The Labute approximate surface area is 86.3 Å². The van der Waals surface area contributed by atoms with E-state index in [2.05, 4.69) is 45.2 Å². The van der Waals surface area contributed by atoms with E-state index in [1.807, 2.05) is 12.2 Å². The van der Waals surface area contributed by atoms with Crippen molar-refractivity contribution in [1.29, 1.82) is 0 Å². The number of allylic oxidation sites excluding steroid dienone is 4. The average molecular weight is 184 g/mol. The highest BCUT2D eigenvalue weighted by Gasteiger charge is 1.98. The minimum absolute atomic E-state index is 1.11. The van der Waals surface area contributed by atoms with Gasteiger partial charge in [-0.1, -0.05) is 49.6 Å². The molecule has 0 atom stereocenters. The second-order valence-electron chi connectivity index (χ2n) is 3.36. The van der Waals surface area contributed by atoms with E-state index in [9.17, 15) is 0 Å². The Morgan fingerprint density at radius 3 is 2.36 bits per heavy atom. The van der Waals surface area contributed by atoms with Crippen molar-refractivity contribution in [1.82, 2.24) is 0 Å². The molecule has 0 saturated carbocycles. The SMILES string of the molecule is C=C/C=C(\C=C)c1ccc(C)c(C)c1. The third-order valence-electron chi connectivity index (χ3n) is 2.36. The summed E-state index contributed by atoms with van der Waals surface area (Å²) in [4.78, 5) is 0. The van der Waals surface area contributed by atoms with Crippen LogP contribution < -0.4 is 0 Å². The van der Waals surface area contributed by atoms with Crippen molar-refractivity contribution in [2.45, 2.75) is 13.8 Å². The number of aryl methyl sites for hydroxylation is 2. The van der Waals surface area contributed by atoms with E-state index in [1.54, 1.807) is 6.08 Å². The summed E-state index contributed by atoms with van der Waals surface area (Å²) >= 11 is 0. The Hall–Kier alpha value is -1.56. The zero-order valence-electron chi connectivity index (χ0n) is 8.88. The Morgan fingerprint density at radius 1 is 1.14 bits per heavy atom. The summed E-state index contributed by atoms with van der Waals surface area (Å²) in [6.45, 7) is 11.7. The predicted molar refractivity (Wildman–Crippen MR) is 64.3 cm³/mol. The maximum absolute atomic E-state index is 3.79. The van der Waals surface area contributed by atoms with Crippen molar-refractivity contribution in [2.75, 3.05) is 0 Å². The van der Waals surface area contributed by atoms with Crippen LogP contribution in [0, 0.1) is 13.8 Å². The Bertz CT molecular complexity index is 381. The number of hydrogen-bond acceptors (Lipinski definition) is 0. The number of benzene rings is 1. The summed E-state index contributed by atoms with van der Waals surface area (Å²) in [6.07, 6.45) is 5.61. The van der Waals surface area contributed by atoms with E-state index < -0.39 is 0 Å². The fraction of sp³-hybridized carbons (Fsp3) is 0.143. The molecular formula is C14H16. The lowest BCUT2D eigenvalue weighted by molar-refractivity contribution is 1.33. The van der Waals surface area contributed by atoms with Crippen LogP contribution in [0.5, 0.6) is 0 Å². The number of hydrogen-bond donors (Lipinski definition) is 0. The van der Waals surface area contributed by atoms with Gasteiger partial charge in [0.15, 0.2) is 0 Å². The molecule has 0 aromatic heterocycles. The third kappa shape index (κ3) is 2.23. The molecule has 0 aliphatic heterocycles. The minimum Gasteiger partial charge on any atom is -0.0990 e. The quantitative estimate of drug-likeness (QED) is 0.621. The smallest absolute Gasteiger partial charge is 0.0181 e. The lowest BCUT2D eigenvalue weighted by atomic mass is 10.0. The first-order valence-corrected chi connectivity index (χ1v) is 4.72. The second-order valence-corrected chi connectivity index (χ2v) is 3.36. The van der Waals surface area contributed by atoms with Gasteiger partial charge in [-0.2, -0.15) is 0 Å². The molecular weight excluding hydrogens is 168 g/mol. The zero-order chi connectivity index (χ0) is 10.6. The van der Waals surface area contributed by atoms with Gasteiger partial charge in [-0.05, 0) is 36.1 Å². The fourth-order valence-electron chi connectivity index (χ4n) is 1.33. The lowest BCUT2D eigenvalue weighted by Gasteiger charge is -2.05. The standard InChI is InChI=1S/C14H16/c1-5-7-13(6-2)14-9-8-11(3)12(4)10-14/h5-10H,1-2H2,3-4H3/b13-7+. The molecule has 72 valence electrons. The minimum atomic E-state index is 1.11. The van der Waals surface area contributed by atoms with Crippen LogP contribution in [-0.2, 0) is 0 Å². The van der Waals surface area contributed by atoms with Crippen molar-refractivity contribution in [3.8, 4) is 0 Å². The van der Waals surface area contributed by atoms with Gasteiger partial charge >= 0.3 is 0 Å². The molecule has 0 unspecified atom stereocenters. The van der Waals surface area contributed by atoms with Gasteiger partial charge in [-0.25, -0.2) is 0 Å². The molecule has 0 radical (unpaired) electrons. The summed E-state index contributed by atoms with van der Waals surface area (Å²) in [5.74, 6) is 0. The maximum Gasteiger partial charge on any atom is -0.0181 e. The molecule has 0 spiro atoms. The first kappa shape index (κ1) is 10.5. The van der Waals surface area contributed by atoms with Crippen LogP contribution >= 0.6 is 0 Å². The number of rotatable bonds is 3. The highest BCUT2D eigenvalue weighted by Crippen LogP contribution is 2.18. The van der Waals surface area contributed by atoms with Gasteiger partial charge < -0.3 is 0 Å². The van der Waals surface area contributed by atoms with Gasteiger partial charge in [0.25, 0.3) is 0 Å². The average Bonchev–Trinajstić information content (AvgIpc) is 2.19. The van der Waals surface area contributed by atoms with Gasteiger partial charge in [-0.15, -0.1) is 0 Å². The normalized spacial score (nSPS) is 11.1. The van der Waals surface area contributed by atoms with Crippen molar-refractivity contribution in [3.05, 3.63) is 66.3 Å². The van der Waals surface area contributed by atoms with E-state index in [0.29, 0.717) is 0 Å². The van der Waals surface area contributed by atoms with Gasteiger partial charge in [0.1, 0.15) is 0 Å². The fourth-order valence-corrected chi connectivity index (χ4v) is 1.33. The van der Waals surface area contributed by atoms with Crippen molar-refractivity contribution >= 4 is 5.57 Å². The van der Waals surface area contributed by atoms with Gasteiger partial charge in [0.2, 0.25) is 0 Å². The Balaban J connectivity index is 3.18. The molecule has 0 amide bonds. The van der Waals surface area contributed by atoms with Crippen LogP contribution in [0.2, 0.25) is 0 Å². The zero-order valence-corrected chi connectivity index (χ0v) is 8.88. The molecule has 0 nitrogen and oxygen atoms in total. The Kier molecular flexibility index (Phi) is 3.47. The monoisotopic (exact) mass is 184 g/mol. The summed E-state index contributed by atoms with van der Waals surface area (Å²) < 4.78 is 0. The lowest BCUT2D eigenvalue weighted by Crippen LogP contribution is -1.85. The molecule has 0 bridgehead atoms. The van der Waals surface area contributed by atoms with Gasteiger partial charge in [0, 0.05) is 0 Å². The molecule has 0 heteroatoms. The first-order chi connectivity index (χ1) is 6.69. The van der Waals surface area contributed by atoms with Crippen LogP contribution in [0.25, 0.3) is 5.57 Å². The summed E-state index contributed by atoms with van der Waals surface area (Å²) in [7, 11) is 0. The summed E-state index contributed by atoms with van der Waals surface area (Å²) in [5.41, 5.74) is 4.93. The largest absolute Gasteiger partial charge is 0.0990 e. The van der Waals surface area contributed by atoms with E-state index in [0.717, 1.165) is 5.57 Å². The topological polar surface area (TPSA) is 0 Å². The molecule has 14 heavy (non-hydrogen) atoms. The van der Waals surface area contributed by atoms with Crippen LogP contribution in [0.15, 0.2) is 49.6 Å². The van der Waals surface area contributed by atoms with Crippen LogP contribution in [0.3, 0.4) is 0 Å². The summed E-state index contributed by atoms with van der Waals surface area (Å²) in [6, 6.07) is 6.41. The second kappa shape index (κ2) is 4.61. The first-order valence-electron chi connectivity index (χ1n) is 4.72. The molecule has 1 rings (SSSR count). The molecule has 0 N–H and O–H groups in total. The van der Waals surface area contributed by atoms with E-state index >= 15 is 0 Å². The van der Waals surface area contributed by atoms with Crippen molar-refractivity contribution in [2.24, 2.45) is 0 Å². The van der Waals surface area contributed by atoms with Crippen LogP contribution in [0.1, 0.15) is 16.7 Å². The van der Waals surface area contributed by atoms with Crippen molar-refractivity contribution < 1.29 is 0 Å². The van der Waals surface area contributed by atoms with Crippen molar-refractivity contribution in [3.63, 3.8) is 0 Å².